The molecule has 0 saturated heterocycles. The van der Waals surface area contributed by atoms with Gasteiger partial charge in [-0.05, 0) is 70.1 Å². The molecule has 1 atom stereocenters. The zero-order valence-corrected chi connectivity index (χ0v) is 24.7. The fourth-order valence-corrected chi connectivity index (χ4v) is 5.75. The first-order valence-electron chi connectivity index (χ1n) is 13.7. The zero-order chi connectivity index (χ0) is 27.6. The van der Waals surface area contributed by atoms with Crippen molar-refractivity contribution in [3.8, 4) is 5.75 Å². The summed E-state index contributed by atoms with van der Waals surface area (Å²) in [7, 11) is 0. The van der Waals surface area contributed by atoms with Crippen molar-refractivity contribution < 1.29 is 14.3 Å². The number of carbonyl (C=O) groups is 2. The molecular weight excluding hydrogens is 576 g/mol. The largest absolute Gasteiger partial charge is 0.483 e. The van der Waals surface area contributed by atoms with E-state index in [2.05, 4.69) is 28.2 Å². The van der Waals surface area contributed by atoms with Crippen LogP contribution in [-0.2, 0) is 29.0 Å². The molecule has 0 spiro atoms. The number of benzene rings is 3. The Morgan fingerprint density at radius 3 is 2.41 bits per heavy atom. The first-order valence-corrected chi connectivity index (χ1v) is 14.9. The highest BCUT2D eigenvalue weighted by atomic mass is 79.9. The second kappa shape index (κ2) is 14.5. The highest BCUT2D eigenvalue weighted by Crippen LogP contribution is 2.27. The Morgan fingerprint density at radius 2 is 1.72 bits per heavy atom. The number of hydrogen-bond acceptors (Lipinski definition) is 3. The minimum atomic E-state index is -0.715. The van der Waals surface area contributed by atoms with Crippen molar-refractivity contribution in [1.29, 1.82) is 0 Å². The summed E-state index contributed by atoms with van der Waals surface area (Å²) in [5.74, 6) is 0.172. The molecule has 0 bridgehead atoms. The van der Waals surface area contributed by atoms with Gasteiger partial charge >= 0.3 is 0 Å². The van der Waals surface area contributed by atoms with Crippen LogP contribution in [0.15, 0.2) is 77.3 Å². The van der Waals surface area contributed by atoms with Gasteiger partial charge in [-0.15, -0.1) is 0 Å². The minimum Gasteiger partial charge on any atom is -0.483 e. The maximum atomic E-state index is 13.9. The van der Waals surface area contributed by atoms with Gasteiger partial charge in [0.1, 0.15) is 11.8 Å². The van der Waals surface area contributed by atoms with Crippen LogP contribution >= 0.6 is 27.5 Å². The van der Waals surface area contributed by atoms with Crippen molar-refractivity contribution in [3.05, 3.63) is 99.0 Å². The van der Waals surface area contributed by atoms with Crippen LogP contribution in [0.3, 0.4) is 0 Å². The molecule has 0 aromatic heterocycles. The van der Waals surface area contributed by atoms with Gasteiger partial charge in [-0.25, -0.2) is 0 Å². The van der Waals surface area contributed by atoms with Crippen molar-refractivity contribution >= 4 is 39.3 Å². The van der Waals surface area contributed by atoms with Gasteiger partial charge < -0.3 is 15.0 Å². The quantitative estimate of drug-likeness (QED) is 0.251. The second-order valence-corrected chi connectivity index (χ2v) is 11.3. The lowest BCUT2D eigenvalue weighted by atomic mass is 9.94. The molecule has 4 rings (SSSR count). The van der Waals surface area contributed by atoms with E-state index in [0.29, 0.717) is 17.2 Å². The molecule has 206 valence electrons. The van der Waals surface area contributed by atoms with Crippen LogP contribution in [0.5, 0.6) is 5.75 Å². The number of aryl methyl sites for hydroxylation is 1. The Hall–Kier alpha value is -2.83. The lowest BCUT2D eigenvalue weighted by Gasteiger charge is -2.33. The lowest BCUT2D eigenvalue weighted by molar-refractivity contribution is -0.143. The van der Waals surface area contributed by atoms with Gasteiger partial charge in [0.05, 0.1) is 4.47 Å². The van der Waals surface area contributed by atoms with Crippen LogP contribution in [0.4, 0.5) is 0 Å². The molecule has 1 aliphatic carbocycles. The predicted molar refractivity (Wildman–Crippen MR) is 160 cm³/mol. The standard InChI is InChI=1S/C32H36BrClN2O3/c1-2-23-17-18-30(27(33)19-23)39-22-31(37)36(21-25-13-9-10-16-28(25)34)29(20-24-11-5-3-6-12-24)32(38)35-26-14-7-4-8-15-26/h3,5-6,9-13,16-19,26,29H,2,4,7-8,14-15,20-22H2,1H3,(H,35,38)/t29-/m0/s1. The number of amides is 2. The van der Waals surface area contributed by atoms with E-state index in [4.69, 9.17) is 16.3 Å². The van der Waals surface area contributed by atoms with Crippen molar-refractivity contribution in [1.82, 2.24) is 10.2 Å². The third-order valence-electron chi connectivity index (χ3n) is 7.28. The third-order valence-corrected chi connectivity index (χ3v) is 8.27. The van der Waals surface area contributed by atoms with E-state index < -0.39 is 6.04 Å². The Balaban J connectivity index is 1.62. The number of rotatable bonds is 11. The monoisotopic (exact) mass is 610 g/mol. The molecule has 3 aromatic rings. The SMILES string of the molecule is CCc1ccc(OCC(=O)N(Cc2ccccc2Cl)[C@@H](Cc2ccccc2)C(=O)NC2CCCCC2)c(Br)c1. The normalized spacial score (nSPS) is 14.4. The van der Waals surface area contributed by atoms with Gasteiger partial charge in [-0.3, -0.25) is 9.59 Å². The smallest absolute Gasteiger partial charge is 0.261 e. The maximum absolute atomic E-state index is 13.9. The highest BCUT2D eigenvalue weighted by molar-refractivity contribution is 9.10. The Morgan fingerprint density at radius 1 is 1.00 bits per heavy atom. The van der Waals surface area contributed by atoms with Gasteiger partial charge in [-0.1, -0.05) is 92.4 Å². The molecule has 5 nitrogen and oxygen atoms in total. The topological polar surface area (TPSA) is 58.6 Å². The molecule has 1 N–H and O–H groups in total. The molecule has 0 heterocycles. The lowest BCUT2D eigenvalue weighted by Crippen LogP contribution is -2.53. The van der Waals surface area contributed by atoms with Crippen LogP contribution in [0.1, 0.15) is 55.7 Å². The Kier molecular flexibility index (Phi) is 10.9. The van der Waals surface area contributed by atoms with E-state index in [1.807, 2.05) is 66.7 Å². The molecule has 39 heavy (non-hydrogen) atoms. The third kappa shape index (κ3) is 8.33. The van der Waals surface area contributed by atoms with Gasteiger partial charge in [0.25, 0.3) is 5.91 Å². The van der Waals surface area contributed by atoms with E-state index in [0.717, 1.165) is 47.7 Å². The molecule has 1 saturated carbocycles. The van der Waals surface area contributed by atoms with Crippen LogP contribution in [-0.4, -0.2) is 35.4 Å². The second-order valence-electron chi connectivity index (χ2n) is 10.1. The summed E-state index contributed by atoms with van der Waals surface area (Å²) >= 11 is 10.1. The van der Waals surface area contributed by atoms with Gasteiger partial charge in [-0.2, -0.15) is 0 Å². The van der Waals surface area contributed by atoms with E-state index in [9.17, 15) is 9.59 Å². The highest BCUT2D eigenvalue weighted by Gasteiger charge is 2.32. The van der Waals surface area contributed by atoms with E-state index in [1.54, 1.807) is 11.0 Å². The van der Waals surface area contributed by atoms with E-state index in [-0.39, 0.29) is 31.0 Å². The van der Waals surface area contributed by atoms with Crippen molar-refractivity contribution in [3.63, 3.8) is 0 Å². The predicted octanol–water partition coefficient (Wildman–Crippen LogP) is 7.13. The summed E-state index contributed by atoms with van der Waals surface area (Å²) in [4.78, 5) is 29.3. The Labute approximate surface area is 245 Å². The van der Waals surface area contributed by atoms with Crippen LogP contribution < -0.4 is 10.1 Å². The summed E-state index contributed by atoms with van der Waals surface area (Å²) in [6.45, 7) is 2.09. The molecular formula is C32H36BrClN2O3. The van der Waals surface area contributed by atoms with Gasteiger partial charge in [0.2, 0.25) is 5.91 Å². The van der Waals surface area contributed by atoms with Crippen molar-refractivity contribution in [2.24, 2.45) is 0 Å². The van der Waals surface area contributed by atoms with Crippen LogP contribution in [0.25, 0.3) is 0 Å². The van der Waals surface area contributed by atoms with Crippen molar-refractivity contribution in [2.45, 2.75) is 70.5 Å². The van der Waals surface area contributed by atoms with Crippen molar-refractivity contribution in [2.75, 3.05) is 6.61 Å². The summed E-state index contributed by atoms with van der Waals surface area (Å²) < 4.78 is 6.77. The number of hydrogen-bond donors (Lipinski definition) is 1. The molecule has 1 aliphatic rings. The number of halogens is 2. The van der Waals surface area contributed by atoms with E-state index >= 15 is 0 Å². The summed E-state index contributed by atoms with van der Waals surface area (Å²) in [5.41, 5.74) is 2.94. The molecule has 7 heteroatoms. The van der Waals surface area contributed by atoms with E-state index in [1.165, 1.54) is 12.0 Å². The molecule has 0 radical (unpaired) electrons. The van der Waals surface area contributed by atoms with Crippen LogP contribution in [0, 0.1) is 0 Å². The number of nitrogens with zero attached hydrogens (tertiary/aromatic N) is 1. The van der Waals surface area contributed by atoms with Gasteiger partial charge in [0, 0.05) is 24.0 Å². The Bertz CT molecular complexity index is 1250. The summed E-state index contributed by atoms with van der Waals surface area (Å²) in [6.07, 6.45) is 6.64. The molecule has 3 aromatic carbocycles. The molecule has 2 amide bonds. The minimum absolute atomic E-state index is 0.131. The van der Waals surface area contributed by atoms with Crippen LogP contribution in [0.2, 0.25) is 5.02 Å². The average molecular weight is 612 g/mol. The number of nitrogens with one attached hydrogen (secondary N) is 1. The first kappa shape index (κ1) is 29.2. The molecule has 1 fully saturated rings. The molecule has 0 aliphatic heterocycles. The maximum Gasteiger partial charge on any atom is 0.261 e. The number of carbonyl (C=O) groups excluding carboxylic acids is 2. The zero-order valence-electron chi connectivity index (χ0n) is 22.4. The van der Waals surface area contributed by atoms with Gasteiger partial charge in [0.15, 0.2) is 6.61 Å². The fourth-order valence-electron chi connectivity index (χ4n) is 5.01. The summed E-state index contributed by atoms with van der Waals surface area (Å²) in [5, 5.41) is 3.81. The number of ether oxygens (including phenoxy) is 1. The average Bonchev–Trinajstić information content (AvgIpc) is 2.96. The first-order chi connectivity index (χ1) is 18.9. The fraction of sp³-hybridized carbons (Fsp3) is 0.375. The summed E-state index contributed by atoms with van der Waals surface area (Å²) in [6, 6.07) is 22.5. The molecule has 0 unspecified atom stereocenters.